The SMILES string of the molecule is Cc1ccc(C(=O)N2CCN(Cc3ccc4c(c3)OCO4)CC2)cc1S(=O)(=O)N1CCCCC1.Cl. The van der Waals surface area contributed by atoms with E-state index < -0.39 is 10.0 Å². The van der Waals surface area contributed by atoms with E-state index in [1.54, 1.807) is 29.4 Å². The van der Waals surface area contributed by atoms with Crippen molar-refractivity contribution in [3.63, 3.8) is 0 Å². The van der Waals surface area contributed by atoms with Crippen LogP contribution < -0.4 is 9.47 Å². The van der Waals surface area contributed by atoms with Gasteiger partial charge in [0.25, 0.3) is 5.91 Å². The highest BCUT2D eigenvalue weighted by molar-refractivity contribution is 7.89. The first-order valence-electron chi connectivity index (χ1n) is 11.9. The van der Waals surface area contributed by atoms with Gasteiger partial charge in [-0.05, 0) is 55.2 Å². The number of benzene rings is 2. The highest BCUT2D eigenvalue weighted by Crippen LogP contribution is 2.33. The summed E-state index contributed by atoms with van der Waals surface area (Å²) in [5, 5.41) is 0. The number of ether oxygens (including phenoxy) is 2. The summed E-state index contributed by atoms with van der Waals surface area (Å²) in [5.41, 5.74) is 2.26. The van der Waals surface area contributed by atoms with Crippen LogP contribution in [0.25, 0.3) is 0 Å². The van der Waals surface area contributed by atoms with E-state index in [2.05, 4.69) is 4.90 Å². The Hall–Kier alpha value is -2.33. The molecule has 1 amide bonds. The van der Waals surface area contributed by atoms with Crippen LogP contribution in [0.2, 0.25) is 0 Å². The Morgan fingerprint density at radius 1 is 0.886 bits per heavy atom. The molecule has 0 aromatic heterocycles. The van der Waals surface area contributed by atoms with Crippen molar-refractivity contribution in [2.75, 3.05) is 46.1 Å². The first kappa shape index (κ1) is 25.8. The monoisotopic (exact) mass is 521 g/mol. The summed E-state index contributed by atoms with van der Waals surface area (Å²) in [7, 11) is -3.59. The molecule has 0 atom stereocenters. The maximum atomic E-state index is 13.2. The molecule has 0 unspecified atom stereocenters. The molecule has 10 heteroatoms. The zero-order valence-corrected chi connectivity index (χ0v) is 21.6. The number of sulfonamides is 1. The molecule has 2 aromatic carbocycles. The number of nitrogens with zero attached hydrogens (tertiary/aromatic N) is 3. The van der Waals surface area contributed by atoms with E-state index in [9.17, 15) is 13.2 Å². The van der Waals surface area contributed by atoms with E-state index in [0.29, 0.717) is 37.3 Å². The molecule has 0 bridgehead atoms. The largest absolute Gasteiger partial charge is 0.454 e. The lowest BCUT2D eigenvalue weighted by Crippen LogP contribution is -2.48. The quantitative estimate of drug-likeness (QED) is 0.601. The summed E-state index contributed by atoms with van der Waals surface area (Å²) in [6, 6.07) is 11.1. The van der Waals surface area contributed by atoms with Gasteiger partial charge in [0.05, 0.1) is 4.90 Å². The summed E-state index contributed by atoms with van der Waals surface area (Å²) in [6.07, 6.45) is 2.82. The Balaban J connectivity index is 0.00000289. The molecule has 0 radical (unpaired) electrons. The van der Waals surface area contributed by atoms with Crippen molar-refractivity contribution in [1.82, 2.24) is 14.1 Å². The fourth-order valence-corrected chi connectivity index (χ4v) is 6.61. The van der Waals surface area contributed by atoms with Crippen LogP contribution in [0.5, 0.6) is 11.5 Å². The topological polar surface area (TPSA) is 79.4 Å². The number of piperazine rings is 1. The lowest BCUT2D eigenvalue weighted by Gasteiger charge is -2.35. The number of carbonyl (C=O) groups excluding carboxylic acids is 1. The summed E-state index contributed by atoms with van der Waals surface area (Å²) < 4.78 is 38.8. The minimum Gasteiger partial charge on any atom is -0.454 e. The summed E-state index contributed by atoms with van der Waals surface area (Å²) in [5.74, 6) is 1.44. The second kappa shape index (κ2) is 10.7. The minimum atomic E-state index is -3.59. The van der Waals surface area contributed by atoms with E-state index in [1.165, 1.54) is 0 Å². The molecule has 2 aromatic rings. The first-order chi connectivity index (χ1) is 16.4. The van der Waals surface area contributed by atoms with Gasteiger partial charge in [0.15, 0.2) is 11.5 Å². The fourth-order valence-electron chi connectivity index (χ4n) is 4.84. The fraction of sp³-hybridized carbons (Fsp3) is 0.480. The van der Waals surface area contributed by atoms with E-state index in [1.807, 2.05) is 23.1 Å². The number of rotatable bonds is 5. The van der Waals surface area contributed by atoms with Crippen molar-refractivity contribution in [1.29, 1.82) is 0 Å². The van der Waals surface area contributed by atoms with Gasteiger partial charge in [0, 0.05) is 51.4 Å². The highest BCUT2D eigenvalue weighted by atomic mass is 35.5. The number of amides is 1. The first-order valence-corrected chi connectivity index (χ1v) is 13.4. The average molecular weight is 522 g/mol. The number of carbonyl (C=O) groups is 1. The van der Waals surface area contributed by atoms with Crippen LogP contribution in [0.15, 0.2) is 41.3 Å². The molecule has 0 saturated carbocycles. The van der Waals surface area contributed by atoms with Crippen LogP contribution in [0.4, 0.5) is 0 Å². The second-order valence-corrected chi connectivity index (χ2v) is 11.1. The Kier molecular flexibility index (Phi) is 7.90. The van der Waals surface area contributed by atoms with Gasteiger partial charge in [-0.2, -0.15) is 4.31 Å². The zero-order valence-electron chi connectivity index (χ0n) is 19.9. The molecule has 0 spiro atoms. The molecule has 3 aliphatic rings. The van der Waals surface area contributed by atoms with Crippen LogP contribution in [-0.2, 0) is 16.6 Å². The van der Waals surface area contributed by atoms with Crippen LogP contribution in [0.3, 0.4) is 0 Å². The molecule has 3 heterocycles. The number of piperidine rings is 1. The van der Waals surface area contributed by atoms with E-state index in [4.69, 9.17) is 9.47 Å². The Morgan fingerprint density at radius 3 is 2.34 bits per heavy atom. The molecule has 2 saturated heterocycles. The molecule has 35 heavy (non-hydrogen) atoms. The number of halogens is 1. The highest BCUT2D eigenvalue weighted by Gasteiger charge is 2.29. The van der Waals surface area contributed by atoms with E-state index in [0.717, 1.165) is 56.0 Å². The van der Waals surface area contributed by atoms with Gasteiger partial charge >= 0.3 is 0 Å². The number of hydrogen-bond acceptors (Lipinski definition) is 6. The van der Waals surface area contributed by atoms with Crippen molar-refractivity contribution in [3.05, 3.63) is 53.1 Å². The maximum Gasteiger partial charge on any atom is 0.253 e. The Bertz CT molecular complexity index is 1180. The number of hydrogen-bond donors (Lipinski definition) is 0. The summed E-state index contributed by atoms with van der Waals surface area (Å²) in [6.45, 7) is 6.64. The molecule has 8 nitrogen and oxygen atoms in total. The van der Waals surface area contributed by atoms with Gasteiger partial charge < -0.3 is 14.4 Å². The van der Waals surface area contributed by atoms with Crippen LogP contribution in [0.1, 0.15) is 40.7 Å². The molecule has 5 rings (SSSR count). The van der Waals surface area contributed by atoms with Gasteiger partial charge in [0.1, 0.15) is 0 Å². The predicted octanol–water partition coefficient (Wildman–Crippen LogP) is 3.28. The molecule has 0 N–H and O–H groups in total. The second-order valence-electron chi connectivity index (χ2n) is 9.20. The van der Waals surface area contributed by atoms with Crippen molar-refractivity contribution in [3.8, 4) is 11.5 Å². The van der Waals surface area contributed by atoms with Gasteiger partial charge in [0.2, 0.25) is 16.8 Å². The molecule has 2 fully saturated rings. The van der Waals surface area contributed by atoms with Gasteiger partial charge in [-0.3, -0.25) is 9.69 Å². The summed E-state index contributed by atoms with van der Waals surface area (Å²) in [4.78, 5) is 17.6. The third-order valence-corrected chi connectivity index (χ3v) is 8.91. The van der Waals surface area contributed by atoms with Crippen LogP contribution in [0, 0.1) is 6.92 Å². The van der Waals surface area contributed by atoms with Crippen LogP contribution >= 0.6 is 12.4 Å². The minimum absolute atomic E-state index is 0. The van der Waals surface area contributed by atoms with Gasteiger partial charge in [-0.15, -0.1) is 12.4 Å². The van der Waals surface area contributed by atoms with Gasteiger partial charge in [-0.25, -0.2) is 8.42 Å². The van der Waals surface area contributed by atoms with Crippen molar-refractivity contribution >= 4 is 28.3 Å². The maximum absolute atomic E-state index is 13.2. The molecular formula is C25H32ClN3O5S. The third kappa shape index (κ3) is 5.43. The normalized spacial score (nSPS) is 18.8. The smallest absolute Gasteiger partial charge is 0.253 e. The molecule has 0 aliphatic carbocycles. The lowest BCUT2D eigenvalue weighted by atomic mass is 10.1. The van der Waals surface area contributed by atoms with Crippen LogP contribution in [-0.4, -0.2) is 74.5 Å². The zero-order chi connectivity index (χ0) is 23.7. The Morgan fingerprint density at radius 2 is 1.60 bits per heavy atom. The number of fused-ring (bicyclic) bond motifs is 1. The predicted molar refractivity (Wildman–Crippen MR) is 135 cm³/mol. The summed E-state index contributed by atoms with van der Waals surface area (Å²) >= 11 is 0. The standard InChI is InChI=1S/C25H31N3O5S.ClH/c1-19-5-7-21(16-24(19)34(30,31)28-9-3-2-4-10-28)25(29)27-13-11-26(12-14-27)17-20-6-8-22-23(15-20)33-18-32-22;/h5-8,15-16H,2-4,9-14,17-18H2,1H3;1H. The molecule has 190 valence electrons. The third-order valence-electron chi connectivity index (χ3n) is 6.87. The molecular weight excluding hydrogens is 490 g/mol. The van der Waals surface area contributed by atoms with Crippen molar-refractivity contribution in [2.45, 2.75) is 37.6 Å². The number of aryl methyl sites for hydroxylation is 1. The lowest BCUT2D eigenvalue weighted by molar-refractivity contribution is 0.0628. The Labute approximate surface area is 213 Å². The molecule has 3 aliphatic heterocycles. The van der Waals surface area contributed by atoms with Crippen molar-refractivity contribution in [2.24, 2.45) is 0 Å². The van der Waals surface area contributed by atoms with Gasteiger partial charge in [-0.1, -0.05) is 18.6 Å². The van der Waals surface area contributed by atoms with E-state index in [-0.39, 0.29) is 30.0 Å². The average Bonchev–Trinajstić information content (AvgIpc) is 3.33. The van der Waals surface area contributed by atoms with E-state index >= 15 is 0 Å². The van der Waals surface area contributed by atoms with Crippen molar-refractivity contribution < 1.29 is 22.7 Å².